The molecule has 24 heavy (non-hydrogen) atoms. The minimum Gasteiger partial charge on any atom is -0.484 e. The molecule has 0 saturated carbocycles. The minimum atomic E-state index is -3.59. The summed E-state index contributed by atoms with van der Waals surface area (Å²) in [5.74, 6) is 0.364. The number of allylic oxidation sites excluding steroid dienone is 1. The first-order valence-electron chi connectivity index (χ1n) is 8.01. The van der Waals surface area contributed by atoms with Crippen molar-refractivity contribution in [2.45, 2.75) is 24.3 Å². The van der Waals surface area contributed by atoms with Crippen molar-refractivity contribution in [1.29, 1.82) is 0 Å². The molecule has 2 atom stereocenters. The molecule has 1 aliphatic heterocycles. The maximum Gasteiger partial charge on any atom is 0.206 e. The van der Waals surface area contributed by atoms with Crippen LogP contribution in [0.25, 0.3) is 5.76 Å². The molecule has 0 saturated heterocycles. The lowest BCUT2D eigenvalue weighted by Crippen LogP contribution is -2.16. The third-order valence-corrected chi connectivity index (χ3v) is 6.54. The smallest absolute Gasteiger partial charge is 0.206 e. The van der Waals surface area contributed by atoms with Crippen molar-refractivity contribution in [2.75, 3.05) is 0 Å². The third kappa shape index (κ3) is 2.38. The Morgan fingerprint density at radius 1 is 0.958 bits per heavy atom. The molecule has 0 radical (unpaired) electrons. The first-order chi connectivity index (χ1) is 11.6. The molecule has 122 valence electrons. The molecule has 0 N–H and O–H groups in total. The maximum atomic E-state index is 13.3. The van der Waals surface area contributed by atoms with Crippen LogP contribution in [0.5, 0.6) is 0 Å². The van der Waals surface area contributed by atoms with Crippen molar-refractivity contribution in [2.24, 2.45) is 5.92 Å². The van der Waals surface area contributed by atoms with Crippen molar-refractivity contribution in [3.05, 3.63) is 82.8 Å². The molecule has 2 unspecified atom stereocenters. The van der Waals surface area contributed by atoms with Gasteiger partial charge in [-0.15, -0.1) is 0 Å². The molecule has 3 nitrogen and oxygen atoms in total. The molecule has 4 heteroatoms. The molecule has 0 amide bonds. The van der Waals surface area contributed by atoms with Gasteiger partial charge in [0.25, 0.3) is 0 Å². The van der Waals surface area contributed by atoms with Gasteiger partial charge in [-0.1, -0.05) is 54.1 Å². The number of benzene rings is 2. The van der Waals surface area contributed by atoms with Gasteiger partial charge in [-0.2, -0.15) is 0 Å². The Bertz CT molecular complexity index is 925. The van der Waals surface area contributed by atoms with Gasteiger partial charge in [0.1, 0.15) is 11.9 Å². The van der Waals surface area contributed by atoms with Crippen LogP contribution >= 0.6 is 0 Å². The molecule has 1 aliphatic carbocycles. The Morgan fingerprint density at radius 2 is 1.58 bits per heavy atom. The Labute approximate surface area is 142 Å². The molecular formula is C20H18O3S. The highest BCUT2D eigenvalue weighted by Crippen LogP contribution is 2.48. The van der Waals surface area contributed by atoms with E-state index < -0.39 is 9.84 Å². The topological polar surface area (TPSA) is 43.4 Å². The average molecular weight is 338 g/mol. The second kappa shape index (κ2) is 5.64. The van der Waals surface area contributed by atoms with Crippen molar-refractivity contribution in [1.82, 2.24) is 0 Å². The van der Waals surface area contributed by atoms with Crippen LogP contribution in [0.1, 0.15) is 18.9 Å². The van der Waals surface area contributed by atoms with Gasteiger partial charge in [-0.25, -0.2) is 8.42 Å². The second-order valence-corrected chi connectivity index (χ2v) is 8.20. The summed E-state index contributed by atoms with van der Waals surface area (Å²) in [7, 11) is -3.59. The summed E-state index contributed by atoms with van der Waals surface area (Å²) in [4.78, 5) is 0.736. The monoisotopic (exact) mass is 338 g/mol. The van der Waals surface area contributed by atoms with Crippen LogP contribution in [0.2, 0.25) is 0 Å². The summed E-state index contributed by atoms with van der Waals surface area (Å²) in [6.45, 7) is 2.02. The van der Waals surface area contributed by atoms with Gasteiger partial charge in [-0.3, -0.25) is 0 Å². The molecule has 0 aromatic heterocycles. The summed E-state index contributed by atoms with van der Waals surface area (Å²) in [5.41, 5.74) is 1.99. The van der Waals surface area contributed by atoms with E-state index >= 15 is 0 Å². The van der Waals surface area contributed by atoms with Crippen LogP contribution in [-0.4, -0.2) is 14.5 Å². The van der Waals surface area contributed by atoms with Gasteiger partial charge < -0.3 is 4.74 Å². The normalized spacial score (nSPS) is 23.0. The fourth-order valence-electron chi connectivity index (χ4n) is 3.50. The number of fused-ring (bicyclic) bond motifs is 1. The van der Waals surface area contributed by atoms with E-state index in [0.717, 1.165) is 12.0 Å². The predicted molar refractivity (Wildman–Crippen MR) is 93.7 cm³/mol. The third-order valence-electron chi connectivity index (χ3n) is 4.58. The zero-order chi connectivity index (χ0) is 16.7. The second-order valence-electron chi connectivity index (χ2n) is 6.28. The lowest BCUT2D eigenvalue weighted by molar-refractivity contribution is 0.207. The minimum absolute atomic E-state index is 0.134. The van der Waals surface area contributed by atoms with E-state index in [1.165, 1.54) is 5.57 Å². The van der Waals surface area contributed by atoms with Gasteiger partial charge in [0.05, 0.1) is 9.80 Å². The van der Waals surface area contributed by atoms with Crippen molar-refractivity contribution >= 4 is 15.6 Å². The molecule has 0 spiro atoms. The zero-order valence-corrected chi connectivity index (χ0v) is 14.2. The average Bonchev–Trinajstić information content (AvgIpc) is 3.12. The number of hydrogen-bond acceptors (Lipinski definition) is 3. The van der Waals surface area contributed by atoms with Crippen LogP contribution < -0.4 is 0 Å². The molecule has 4 rings (SSSR count). The van der Waals surface area contributed by atoms with E-state index in [4.69, 9.17) is 4.74 Å². The van der Waals surface area contributed by atoms with E-state index in [2.05, 4.69) is 0 Å². The number of rotatable bonds is 3. The summed E-state index contributed by atoms with van der Waals surface area (Å²) in [6.07, 6.45) is 2.58. The molecule has 1 heterocycles. The first-order valence-corrected chi connectivity index (χ1v) is 9.49. The maximum absolute atomic E-state index is 13.3. The van der Waals surface area contributed by atoms with E-state index in [9.17, 15) is 8.42 Å². The van der Waals surface area contributed by atoms with E-state index in [1.807, 2.05) is 49.4 Å². The van der Waals surface area contributed by atoms with Crippen LogP contribution in [0, 0.1) is 5.92 Å². The van der Waals surface area contributed by atoms with Gasteiger partial charge >= 0.3 is 0 Å². The Balaban J connectivity index is 1.90. The lowest BCUT2D eigenvalue weighted by atomic mass is 10.0. The van der Waals surface area contributed by atoms with Crippen molar-refractivity contribution in [3.8, 4) is 0 Å². The standard InChI is InChI=1S/C20H18O3S/c1-14-12-17-18(13-14)23-19(15-8-4-2-5-9-15)20(17)24(21,22)16-10-6-3-7-11-16/h2-11,13,17-18H,12H2,1H3. The first kappa shape index (κ1) is 15.2. The summed E-state index contributed by atoms with van der Waals surface area (Å²) in [6, 6.07) is 18.1. The SMILES string of the molecule is CC1=CC2OC(c3ccccc3)=C(S(=O)(=O)c3ccccc3)C2C1. The quantitative estimate of drug-likeness (QED) is 0.788. The largest absolute Gasteiger partial charge is 0.484 e. The van der Waals surface area contributed by atoms with Gasteiger partial charge in [0, 0.05) is 11.5 Å². The van der Waals surface area contributed by atoms with Gasteiger partial charge in [0.2, 0.25) is 9.84 Å². The number of hydrogen-bond donors (Lipinski definition) is 0. The van der Waals surface area contributed by atoms with Crippen molar-refractivity contribution in [3.63, 3.8) is 0 Å². The summed E-state index contributed by atoms with van der Waals surface area (Å²) >= 11 is 0. The fraction of sp³-hybridized carbons (Fsp3) is 0.200. The van der Waals surface area contributed by atoms with Crippen LogP contribution in [0.3, 0.4) is 0 Å². The summed E-state index contributed by atoms with van der Waals surface area (Å²) in [5, 5.41) is 0. The predicted octanol–water partition coefficient (Wildman–Crippen LogP) is 4.19. The van der Waals surface area contributed by atoms with E-state index in [1.54, 1.807) is 24.3 Å². The molecule has 2 aromatic carbocycles. The molecule has 0 fully saturated rings. The highest BCUT2D eigenvalue weighted by atomic mass is 32.2. The van der Waals surface area contributed by atoms with Gasteiger partial charge in [0.15, 0.2) is 0 Å². The van der Waals surface area contributed by atoms with E-state index in [-0.39, 0.29) is 12.0 Å². The molecular weight excluding hydrogens is 320 g/mol. The fourth-order valence-corrected chi connectivity index (χ4v) is 5.29. The Hall–Kier alpha value is -2.33. The Kier molecular flexibility index (Phi) is 3.57. The van der Waals surface area contributed by atoms with Gasteiger partial charge in [-0.05, 0) is 31.6 Å². The van der Waals surface area contributed by atoms with Crippen LogP contribution in [-0.2, 0) is 14.6 Å². The lowest BCUT2D eigenvalue weighted by Gasteiger charge is -2.13. The van der Waals surface area contributed by atoms with Crippen LogP contribution in [0.15, 0.2) is 82.1 Å². The number of ether oxygens (including phenoxy) is 1. The highest BCUT2D eigenvalue weighted by Gasteiger charge is 2.45. The summed E-state index contributed by atoms with van der Waals surface area (Å²) < 4.78 is 32.7. The Morgan fingerprint density at radius 3 is 2.25 bits per heavy atom. The molecule has 2 aliphatic rings. The molecule has 0 bridgehead atoms. The zero-order valence-electron chi connectivity index (χ0n) is 13.3. The molecule has 2 aromatic rings. The highest BCUT2D eigenvalue weighted by molar-refractivity contribution is 7.95. The van der Waals surface area contributed by atoms with Crippen molar-refractivity contribution < 1.29 is 13.2 Å². The van der Waals surface area contributed by atoms with Crippen LogP contribution in [0.4, 0.5) is 0 Å². The number of sulfone groups is 1. The van der Waals surface area contributed by atoms with E-state index in [0.29, 0.717) is 15.6 Å².